The summed E-state index contributed by atoms with van der Waals surface area (Å²) >= 11 is 0. The van der Waals surface area contributed by atoms with Gasteiger partial charge in [-0.3, -0.25) is 0 Å². The largest absolute Gasteiger partial charge is 0.378 e. The highest BCUT2D eigenvalue weighted by Crippen LogP contribution is 2.60. The van der Waals surface area contributed by atoms with Crippen LogP contribution >= 0.6 is 0 Å². The minimum Gasteiger partial charge on any atom is -0.378 e. The molecule has 2 aliphatic carbocycles. The Bertz CT molecular complexity index is 219. The normalized spacial score (nSPS) is 29.6. The fourth-order valence-electron chi connectivity index (χ4n) is 2.54. The molecule has 2 rings (SSSR count). The van der Waals surface area contributed by atoms with Crippen molar-refractivity contribution < 1.29 is 5.11 Å². The summed E-state index contributed by atoms with van der Waals surface area (Å²) < 4.78 is 0. The summed E-state index contributed by atoms with van der Waals surface area (Å²) in [6, 6.07) is 0. The molecular weight excluding hydrogens is 136 g/mol. The maximum absolute atomic E-state index is 9.74. The molecule has 11 heavy (non-hydrogen) atoms. The van der Waals surface area contributed by atoms with Crippen molar-refractivity contribution in [3.63, 3.8) is 0 Å². The number of rotatable bonds is 0. The van der Waals surface area contributed by atoms with Crippen LogP contribution in [0.4, 0.5) is 0 Å². The summed E-state index contributed by atoms with van der Waals surface area (Å²) in [6.45, 7) is 1.80. The third kappa shape index (κ3) is 0.973. The molecule has 0 aliphatic heterocycles. The third-order valence-electron chi connectivity index (χ3n) is 3.11. The molecule has 0 unspecified atom stereocenters. The first-order valence-corrected chi connectivity index (χ1v) is 4.34. The quantitative estimate of drug-likeness (QED) is 0.521. The van der Waals surface area contributed by atoms with Crippen LogP contribution in [0.5, 0.6) is 0 Å². The van der Waals surface area contributed by atoms with Crippen LogP contribution in [0.2, 0.25) is 0 Å². The number of aliphatic hydroxyl groups is 1. The van der Waals surface area contributed by atoms with Gasteiger partial charge in [-0.15, -0.1) is 5.92 Å². The van der Waals surface area contributed by atoms with Gasteiger partial charge in [0.1, 0.15) is 5.60 Å². The van der Waals surface area contributed by atoms with Crippen molar-refractivity contribution in [3.05, 3.63) is 0 Å². The highest BCUT2D eigenvalue weighted by atomic mass is 16.3. The second-order valence-corrected chi connectivity index (χ2v) is 4.11. The Morgan fingerprint density at radius 2 is 1.91 bits per heavy atom. The molecule has 0 atom stereocenters. The molecule has 0 amide bonds. The predicted molar refractivity (Wildman–Crippen MR) is 43.9 cm³/mol. The maximum Gasteiger partial charge on any atom is 0.126 e. The van der Waals surface area contributed by atoms with Crippen molar-refractivity contribution in [3.8, 4) is 11.8 Å². The summed E-state index contributed by atoms with van der Waals surface area (Å²) in [6.07, 6.45) is 5.86. The average molecular weight is 150 g/mol. The molecule has 1 N–H and O–H groups in total. The molecule has 0 heterocycles. The zero-order valence-electron chi connectivity index (χ0n) is 6.98. The van der Waals surface area contributed by atoms with E-state index in [9.17, 15) is 5.11 Å². The first kappa shape index (κ1) is 7.18. The number of hydrogen-bond donors (Lipinski definition) is 1. The Kier molecular flexibility index (Phi) is 1.32. The fraction of sp³-hybridized carbons (Fsp3) is 0.800. The van der Waals surface area contributed by atoms with Crippen molar-refractivity contribution in [2.24, 2.45) is 5.41 Å². The average Bonchev–Trinajstić information content (AvgIpc) is 1.78. The van der Waals surface area contributed by atoms with E-state index in [4.69, 9.17) is 0 Å². The van der Waals surface area contributed by atoms with Crippen LogP contribution in [-0.4, -0.2) is 10.7 Å². The summed E-state index contributed by atoms with van der Waals surface area (Å²) in [4.78, 5) is 0. The summed E-state index contributed by atoms with van der Waals surface area (Å²) in [5.41, 5.74) is -0.0756. The highest BCUT2D eigenvalue weighted by molar-refractivity contribution is 5.23. The van der Waals surface area contributed by atoms with Crippen LogP contribution in [0, 0.1) is 17.3 Å². The van der Waals surface area contributed by atoms with Gasteiger partial charge < -0.3 is 5.11 Å². The lowest BCUT2D eigenvalue weighted by atomic mass is 9.50. The second kappa shape index (κ2) is 2.01. The van der Waals surface area contributed by atoms with Crippen molar-refractivity contribution in [1.82, 2.24) is 0 Å². The highest BCUT2D eigenvalue weighted by Gasteiger charge is 2.55. The summed E-state index contributed by atoms with van der Waals surface area (Å²) in [7, 11) is 0. The van der Waals surface area contributed by atoms with Gasteiger partial charge in [0.15, 0.2) is 0 Å². The van der Waals surface area contributed by atoms with Gasteiger partial charge in [0.25, 0.3) is 0 Å². The van der Waals surface area contributed by atoms with Crippen LogP contribution in [0.15, 0.2) is 0 Å². The lowest BCUT2D eigenvalue weighted by molar-refractivity contribution is -0.126. The summed E-state index contributed by atoms with van der Waals surface area (Å²) in [5.74, 6) is 5.68. The van der Waals surface area contributed by atoms with Gasteiger partial charge >= 0.3 is 0 Å². The Labute approximate surface area is 67.8 Å². The first-order valence-electron chi connectivity index (χ1n) is 4.34. The van der Waals surface area contributed by atoms with Gasteiger partial charge in [-0.2, -0.15) is 0 Å². The minimum absolute atomic E-state index is 0.526. The molecule has 1 nitrogen and oxygen atoms in total. The van der Waals surface area contributed by atoms with Gasteiger partial charge in [0, 0.05) is 0 Å². The van der Waals surface area contributed by atoms with E-state index >= 15 is 0 Å². The van der Waals surface area contributed by atoms with Crippen LogP contribution in [0.1, 0.15) is 39.0 Å². The minimum atomic E-state index is -0.602. The lowest BCUT2D eigenvalue weighted by Gasteiger charge is -2.56. The SMILES string of the molecule is CC#CC1(O)CC2(CCC2)C1. The summed E-state index contributed by atoms with van der Waals surface area (Å²) in [5, 5.41) is 9.74. The van der Waals surface area contributed by atoms with Crippen LogP contribution < -0.4 is 0 Å². The second-order valence-electron chi connectivity index (χ2n) is 4.11. The van der Waals surface area contributed by atoms with Gasteiger partial charge in [-0.25, -0.2) is 0 Å². The molecule has 1 heteroatoms. The zero-order chi connectivity index (χ0) is 7.95. The molecule has 2 fully saturated rings. The van der Waals surface area contributed by atoms with E-state index in [1.165, 1.54) is 19.3 Å². The first-order chi connectivity index (χ1) is 5.18. The van der Waals surface area contributed by atoms with Gasteiger partial charge in [0.05, 0.1) is 0 Å². The molecule has 0 aromatic carbocycles. The zero-order valence-corrected chi connectivity index (χ0v) is 6.98. The molecule has 60 valence electrons. The molecule has 0 aromatic rings. The Hall–Kier alpha value is -0.480. The molecule has 2 aliphatic rings. The fourth-order valence-corrected chi connectivity index (χ4v) is 2.54. The van der Waals surface area contributed by atoms with Gasteiger partial charge in [-0.1, -0.05) is 12.3 Å². The molecule has 0 radical (unpaired) electrons. The van der Waals surface area contributed by atoms with E-state index in [-0.39, 0.29) is 0 Å². The van der Waals surface area contributed by atoms with Crippen molar-refractivity contribution in [1.29, 1.82) is 0 Å². The van der Waals surface area contributed by atoms with Crippen molar-refractivity contribution >= 4 is 0 Å². The Morgan fingerprint density at radius 1 is 1.27 bits per heavy atom. The van der Waals surface area contributed by atoms with E-state index < -0.39 is 5.60 Å². The number of hydrogen-bond acceptors (Lipinski definition) is 1. The Morgan fingerprint density at radius 3 is 2.27 bits per heavy atom. The van der Waals surface area contributed by atoms with Crippen molar-refractivity contribution in [2.45, 2.75) is 44.6 Å². The molecule has 0 bridgehead atoms. The van der Waals surface area contributed by atoms with E-state index in [1.54, 1.807) is 6.92 Å². The third-order valence-corrected chi connectivity index (χ3v) is 3.11. The smallest absolute Gasteiger partial charge is 0.126 e. The van der Waals surface area contributed by atoms with E-state index in [0.717, 1.165) is 12.8 Å². The maximum atomic E-state index is 9.74. The standard InChI is InChI=1S/C10H14O/c1-2-4-10(11)7-9(8-10)5-3-6-9/h11H,3,5-8H2,1H3. The molecular formula is C10H14O. The van der Waals surface area contributed by atoms with Crippen LogP contribution in [-0.2, 0) is 0 Å². The topological polar surface area (TPSA) is 20.2 Å². The van der Waals surface area contributed by atoms with E-state index in [2.05, 4.69) is 11.8 Å². The van der Waals surface area contributed by atoms with Gasteiger partial charge in [-0.05, 0) is 38.0 Å². The Balaban J connectivity index is 1.98. The molecule has 2 saturated carbocycles. The van der Waals surface area contributed by atoms with E-state index in [1.807, 2.05) is 0 Å². The lowest BCUT2D eigenvalue weighted by Crippen LogP contribution is -2.54. The van der Waals surface area contributed by atoms with Crippen LogP contribution in [0.25, 0.3) is 0 Å². The molecule has 0 saturated heterocycles. The van der Waals surface area contributed by atoms with Gasteiger partial charge in [0.2, 0.25) is 0 Å². The van der Waals surface area contributed by atoms with Crippen molar-refractivity contribution in [2.75, 3.05) is 0 Å². The monoisotopic (exact) mass is 150 g/mol. The molecule has 0 aromatic heterocycles. The van der Waals surface area contributed by atoms with Crippen LogP contribution in [0.3, 0.4) is 0 Å². The predicted octanol–water partition coefficient (Wildman–Crippen LogP) is 1.70. The van der Waals surface area contributed by atoms with E-state index in [0.29, 0.717) is 5.41 Å². The molecule has 1 spiro atoms.